The summed E-state index contributed by atoms with van der Waals surface area (Å²) in [6, 6.07) is 0. The molecule has 1 aliphatic carbocycles. The molecule has 1 aromatic heterocycles. The summed E-state index contributed by atoms with van der Waals surface area (Å²) >= 11 is 0. The first kappa shape index (κ1) is 15.2. The van der Waals surface area contributed by atoms with E-state index in [4.69, 9.17) is 0 Å². The van der Waals surface area contributed by atoms with E-state index in [1.54, 1.807) is 0 Å². The van der Waals surface area contributed by atoms with Crippen molar-refractivity contribution in [1.29, 1.82) is 0 Å². The first-order chi connectivity index (χ1) is 10.7. The molecule has 0 atom stereocenters. The molecule has 3 rings (SSSR count). The van der Waals surface area contributed by atoms with Crippen LogP contribution in [0.3, 0.4) is 0 Å². The molecular formula is C16H24N4O2. The van der Waals surface area contributed by atoms with Crippen LogP contribution in [0.2, 0.25) is 0 Å². The quantitative estimate of drug-likeness (QED) is 0.825. The fourth-order valence-corrected chi connectivity index (χ4v) is 3.45. The predicted molar refractivity (Wildman–Crippen MR) is 83.9 cm³/mol. The third-order valence-corrected chi connectivity index (χ3v) is 4.66. The van der Waals surface area contributed by atoms with Crippen molar-refractivity contribution in [1.82, 2.24) is 20.4 Å². The van der Waals surface area contributed by atoms with E-state index in [1.807, 2.05) is 0 Å². The van der Waals surface area contributed by atoms with Crippen LogP contribution in [-0.4, -0.2) is 47.2 Å². The summed E-state index contributed by atoms with van der Waals surface area (Å²) in [6.07, 6.45) is 6.57. The van der Waals surface area contributed by atoms with Gasteiger partial charge in [-0.15, -0.1) is 0 Å². The highest BCUT2D eigenvalue weighted by Gasteiger charge is 2.19. The number of carbonyl (C=O) groups excluding carboxylic acids is 1. The second-order valence-corrected chi connectivity index (χ2v) is 6.24. The lowest BCUT2D eigenvalue weighted by Crippen LogP contribution is -2.35. The second kappa shape index (κ2) is 7.05. The number of nitrogens with one attached hydrogen (secondary N) is 2. The molecule has 0 bridgehead atoms. The lowest BCUT2D eigenvalue weighted by molar-refractivity contribution is -0.120. The number of aromatic amines is 1. The van der Waals surface area contributed by atoms with Crippen LogP contribution < -0.4 is 10.9 Å². The molecular weight excluding hydrogens is 280 g/mol. The molecule has 1 aromatic rings. The van der Waals surface area contributed by atoms with Crippen LogP contribution in [-0.2, 0) is 24.1 Å². The van der Waals surface area contributed by atoms with Crippen LogP contribution >= 0.6 is 0 Å². The monoisotopic (exact) mass is 304 g/mol. The molecule has 0 aromatic carbocycles. The zero-order valence-corrected chi connectivity index (χ0v) is 13.0. The molecule has 0 unspecified atom stereocenters. The highest BCUT2D eigenvalue weighted by atomic mass is 16.1. The molecule has 2 heterocycles. The van der Waals surface area contributed by atoms with Gasteiger partial charge in [0.15, 0.2) is 0 Å². The number of carbonyl (C=O) groups is 1. The highest BCUT2D eigenvalue weighted by molar-refractivity contribution is 5.78. The lowest BCUT2D eigenvalue weighted by atomic mass is 9.91. The van der Waals surface area contributed by atoms with Crippen molar-refractivity contribution >= 4 is 5.91 Å². The van der Waals surface area contributed by atoms with Gasteiger partial charge in [0, 0.05) is 18.7 Å². The molecule has 22 heavy (non-hydrogen) atoms. The Bertz CT molecular complexity index is 590. The average molecular weight is 304 g/mol. The summed E-state index contributed by atoms with van der Waals surface area (Å²) in [7, 11) is 0. The number of hydrogen-bond donors (Lipinski definition) is 2. The average Bonchev–Trinajstić information content (AvgIpc) is 3.04. The Kier molecular flexibility index (Phi) is 4.87. The molecule has 1 saturated heterocycles. The minimum Gasteiger partial charge on any atom is -0.354 e. The van der Waals surface area contributed by atoms with E-state index in [-0.39, 0.29) is 17.9 Å². The van der Waals surface area contributed by atoms with Crippen LogP contribution in [0.1, 0.15) is 42.5 Å². The van der Waals surface area contributed by atoms with Gasteiger partial charge in [0.1, 0.15) is 0 Å². The second-order valence-electron chi connectivity index (χ2n) is 6.24. The van der Waals surface area contributed by atoms with E-state index in [1.165, 1.54) is 12.8 Å². The van der Waals surface area contributed by atoms with E-state index in [9.17, 15) is 9.59 Å². The van der Waals surface area contributed by atoms with E-state index >= 15 is 0 Å². The van der Waals surface area contributed by atoms with Gasteiger partial charge in [0.05, 0.1) is 12.1 Å². The Morgan fingerprint density at radius 2 is 1.86 bits per heavy atom. The minimum absolute atomic E-state index is 0.00785. The molecule has 1 amide bonds. The van der Waals surface area contributed by atoms with Gasteiger partial charge in [-0.05, 0) is 57.2 Å². The summed E-state index contributed by atoms with van der Waals surface area (Å²) < 4.78 is 0. The lowest BCUT2D eigenvalue weighted by Gasteiger charge is -2.17. The van der Waals surface area contributed by atoms with Crippen molar-refractivity contribution in [3.8, 4) is 0 Å². The summed E-state index contributed by atoms with van der Waals surface area (Å²) in [5, 5.41) is 9.62. The first-order valence-electron chi connectivity index (χ1n) is 8.32. The van der Waals surface area contributed by atoms with Gasteiger partial charge >= 0.3 is 0 Å². The van der Waals surface area contributed by atoms with Gasteiger partial charge in [-0.25, -0.2) is 5.10 Å². The van der Waals surface area contributed by atoms with Gasteiger partial charge < -0.3 is 10.2 Å². The molecule has 6 nitrogen and oxygen atoms in total. The third kappa shape index (κ3) is 3.55. The van der Waals surface area contributed by atoms with E-state index in [0.29, 0.717) is 6.54 Å². The first-order valence-corrected chi connectivity index (χ1v) is 8.32. The van der Waals surface area contributed by atoms with Crippen LogP contribution in [0.15, 0.2) is 4.79 Å². The van der Waals surface area contributed by atoms with Crippen molar-refractivity contribution in [2.24, 2.45) is 0 Å². The maximum absolute atomic E-state index is 12.1. The highest BCUT2D eigenvalue weighted by Crippen LogP contribution is 2.20. The molecule has 2 aliphatic rings. The largest absolute Gasteiger partial charge is 0.354 e. The summed E-state index contributed by atoms with van der Waals surface area (Å²) in [5.41, 5.74) is 2.49. The molecule has 1 aliphatic heterocycles. The fourth-order valence-electron chi connectivity index (χ4n) is 3.45. The van der Waals surface area contributed by atoms with Crippen molar-refractivity contribution in [3.05, 3.63) is 27.2 Å². The van der Waals surface area contributed by atoms with Gasteiger partial charge in [-0.1, -0.05) is 0 Å². The number of amides is 1. The number of likely N-dealkylation sites (tertiary alicyclic amines) is 1. The van der Waals surface area contributed by atoms with Crippen LogP contribution in [0.4, 0.5) is 0 Å². The van der Waals surface area contributed by atoms with Crippen molar-refractivity contribution in [3.63, 3.8) is 0 Å². The van der Waals surface area contributed by atoms with E-state index in [2.05, 4.69) is 20.4 Å². The molecule has 2 N–H and O–H groups in total. The van der Waals surface area contributed by atoms with Gasteiger partial charge in [-0.2, -0.15) is 5.10 Å². The Balaban J connectivity index is 1.56. The van der Waals surface area contributed by atoms with Crippen LogP contribution in [0.25, 0.3) is 0 Å². The van der Waals surface area contributed by atoms with Crippen LogP contribution in [0.5, 0.6) is 0 Å². The molecule has 0 radical (unpaired) electrons. The molecule has 0 saturated carbocycles. The van der Waals surface area contributed by atoms with E-state index < -0.39 is 0 Å². The van der Waals surface area contributed by atoms with Crippen LogP contribution in [0, 0.1) is 0 Å². The van der Waals surface area contributed by atoms with Crippen molar-refractivity contribution < 1.29 is 4.79 Å². The minimum atomic E-state index is -0.0899. The standard InChI is InChI=1S/C16H24N4O2/c21-15(17-7-10-20-8-3-4-9-20)11-14-12-5-1-2-6-13(12)16(22)19-18-14/h1-11H2,(H,17,21)(H,19,22). The zero-order chi connectivity index (χ0) is 15.4. The van der Waals surface area contributed by atoms with Gasteiger partial charge in [0.25, 0.3) is 5.56 Å². The third-order valence-electron chi connectivity index (χ3n) is 4.66. The van der Waals surface area contributed by atoms with Gasteiger partial charge in [-0.3, -0.25) is 9.59 Å². The Morgan fingerprint density at radius 3 is 2.64 bits per heavy atom. The summed E-state index contributed by atoms with van der Waals surface area (Å²) in [5.74, 6) is -0.00785. The SMILES string of the molecule is O=C(Cc1n[nH]c(=O)c2c1CCCC2)NCCN1CCCC1. The number of nitrogens with zero attached hydrogens (tertiary/aromatic N) is 2. The Labute approximate surface area is 130 Å². The fraction of sp³-hybridized carbons (Fsp3) is 0.688. The van der Waals surface area contributed by atoms with E-state index in [0.717, 1.165) is 62.1 Å². The Hall–Kier alpha value is -1.69. The number of H-pyrrole nitrogens is 1. The number of rotatable bonds is 5. The normalized spacial score (nSPS) is 18.2. The summed E-state index contributed by atoms with van der Waals surface area (Å²) in [4.78, 5) is 26.3. The molecule has 1 fully saturated rings. The van der Waals surface area contributed by atoms with Crippen molar-refractivity contribution in [2.45, 2.75) is 44.9 Å². The van der Waals surface area contributed by atoms with Crippen molar-refractivity contribution in [2.75, 3.05) is 26.2 Å². The topological polar surface area (TPSA) is 78.1 Å². The Morgan fingerprint density at radius 1 is 1.14 bits per heavy atom. The smallest absolute Gasteiger partial charge is 0.267 e. The molecule has 0 spiro atoms. The molecule has 6 heteroatoms. The number of aromatic nitrogens is 2. The predicted octanol–water partition coefficient (Wildman–Crippen LogP) is 0.403. The maximum Gasteiger partial charge on any atom is 0.267 e. The maximum atomic E-state index is 12.1. The summed E-state index contributed by atoms with van der Waals surface area (Å²) in [6.45, 7) is 3.89. The molecule has 120 valence electrons. The number of hydrogen-bond acceptors (Lipinski definition) is 4. The van der Waals surface area contributed by atoms with Gasteiger partial charge in [0.2, 0.25) is 5.91 Å². The zero-order valence-electron chi connectivity index (χ0n) is 13.0. The number of fused-ring (bicyclic) bond motifs is 1.